The van der Waals surface area contributed by atoms with Crippen molar-refractivity contribution in [3.8, 4) is 11.4 Å². The van der Waals surface area contributed by atoms with Crippen molar-refractivity contribution in [2.24, 2.45) is 0 Å². The predicted octanol–water partition coefficient (Wildman–Crippen LogP) is 3.05. The number of nitrogens with zero attached hydrogens (tertiary/aromatic N) is 7. The summed E-state index contributed by atoms with van der Waals surface area (Å²) in [4.78, 5) is 43.4. The van der Waals surface area contributed by atoms with Crippen LogP contribution in [0.2, 0.25) is 5.28 Å². The standard InChI is InChI=1S/C19H18ClF3N7O5P/c1-2-6-29-17(31)14-15(27-18(29)20)26-16(30(14)10-35-36(32,33)34)11-7-24-28(8-11)9-12-4-3-5-13(25-12)19(21,22)23/h3-5,7-8H,2,6,9-10H2,1H3,(H2,32,33,34). The Morgan fingerprint density at radius 3 is 2.58 bits per heavy atom. The average molecular weight is 548 g/mol. The smallest absolute Gasteiger partial charge is 0.303 e. The fraction of sp³-hybridized carbons (Fsp3) is 0.316. The number of phosphoric ester groups is 1. The second-order valence-electron chi connectivity index (χ2n) is 7.56. The second-order valence-corrected chi connectivity index (χ2v) is 9.14. The first-order chi connectivity index (χ1) is 16.9. The molecule has 0 amide bonds. The predicted molar refractivity (Wildman–Crippen MR) is 120 cm³/mol. The minimum atomic E-state index is -4.93. The molecule has 12 nitrogen and oxygen atoms in total. The number of hydrogen-bond acceptors (Lipinski definition) is 7. The summed E-state index contributed by atoms with van der Waals surface area (Å²) in [6, 6.07) is 3.48. The maximum atomic E-state index is 13.1. The highest BCUT2D eigenvalue weighted by molar-refractivity contribution is 7.46. The van der Waals surface area contributed by atoms with Crippen LogP contribution in [0.5, 0.6) is 0 Å². The van der Waals surface area contributed by atoms with E-state index in [2.05, 4.69) is 24.6 Å². The zero-order valence-corrected chi connectivity index (χ0v) is 20.1. The largest absolute Gasteiger partial charge is 0.471 e. The van der Waals surface area contributed by atoms with E-state index in [0.717, 1.165) is 10.6 Å². The van der Waals surface area contributed by atoms with Gasteiger partial charge in [-0.1, -0.05) is 13.0 Å². The van der Waals surface area contributed by atoms with Crippen LogP contribution in [0.25, 0.3) is 22.6 Å². The third-order valence-corrected chi connectivity index (χ3v) is 5.67. The van der Waals surface area contributed by atoms with Gasteiger partial charge in [-0.05, 0) is 30.2 Å². The molecule has 0 fully saturated rings. The zero-order chi connectivity index (χ0) is 26.3. The number of alkyl halides is 3. The van der Waals surface area contributed by atoms with Crippen LogP contribution in [0.4, 0.5) is 13.2 Å². The molecule has 0 saturated heterocycles. The van der Waals surface area contributed by atoms with Gasteiger partial charge in [0.05, 0.1) is 24.0 Å². The van der Waals surface area contributed by atoms with Gasteiger partial charge in [-0.3, -0.25) is 23.1 Å². The second kappa shape index (κ2) is 9.75. The first-order valence-electron chi connectivity index (χ1n) is 10.3. The molecule has 36 heavy (non-hydrogen) atoms. The maximum Gasteiger partial charge on any atom is 0.471 e. The van der Waals surface area contributed by atoms with Gasteiger partial charge in [0.15, 0.2) is 11.2 Å². The summed E-state index contributed by atoms with van der Waals surface area (Å²) in [5, 5.41) is 3.99. The van der Waals surface area contributed by atoms with Crippen molar-refractivity contribution in [2.75, 3.05) is 0 Å². The Labute approximate surface area is 205 Å². The molecule has 0 aliphatic heterocycles. The molecule has 4 rings (SSSR count). The average Bonchev–Trinajstić information content (AvgIpc) is 3.38. The van der Waals surface area contributed by atoms with Crippen LogP contribution in [0.1, 0.15) is 24.7 Å². The van der Waals surface area contributed by atoms with Crippen LogP contribution in [0.15, 0.2) is 35.4 Å². The number of hydrogen-bond donors (Lipinski definition) is 2. The Kier molecular flexibility index (Phi) is 7.03. The van der Waals surface area contributed by atoms with Gasteiger partial charge in [-0.15, -0.1) is 0 Å². The quantitative estimate of drug-likeness (QED) is 0.250. The number of pyridine rings is 1. The van der Waals surface area contributed by atoms with Crippen molar-refractivity contribution >= 4 is 30.6 Å². The van der Waals surface area contributed by atoms with Gasteiger partial charge >= 0.3 is 14.0 Å². The molecule has 0 bridgehead atoms. The van der Waals surface area contributed by atoms with E-state index >= 15 is 0 Å². The maximum absolute atomic E-state index is 13.1. The third-order valence-electron chi connectivity index (χ3n) is 4.93. The molecule has 0 spiro atoms. The Hall–Kier alpha value is -3.10. The molecule has 0 aliphatic rings. The van der Waals surface area contributed by atoms with E-state index in [4.69, 9.17) is 11.6 Å². The van der Waals surface area contributed by atoms with E-state index < -0.39 is 32.0 Å². The molecular formula is C19H18ClF3N7O5P. The lowest BCUT2D eigenvalue weighted by Gasteiger charge is -2.11. The highest BCUT2D eigenvalue weighted by atomic mass is 35.5. The summed E-state index contributed by atoms with van der Waals surface area (Å²) in [6.07, 6.45) is -1.31. The van der Waals surface area contributed by atoms with E-state index in [-0.39, 0.29) is 46.6 Å². The van der Waals surface area contributed by atoms with E-state index in [0.29, 0.717) is 6.42 Å². The molecule has 0 aliphatic carbocycles. The first-order valence-corrected chi connectivity index (χ1v) is 12.2. The van der Waals surface area contributed by atoms with Crippen molar-refractivity contribution in [3.05, 3.63) is 57.6 Å². The van der Waals surface area contributed by atoms with Crippen LogP contribution in [0, 0.1) is 0 Å². The van der Waals surface area contributed by atoms with Gasteiger partial charge in [0, 0.05) is 12.7 Å². The van der Waals surface area contributed by atoms with Gasteiger partial charge in [-0.25, -0.2) is 14.5 Å². The Morgan fingerprint density at radius 2 is 1.92 bits per heavy atom. The topological polar surface area (TPSA) is 150 Å². The molecule has 17 heteroatoms. The van der Waals surface area contributed by atoms with Crippen molar-refractivity contribution in [2.45, 2.75) is 39.3 Å². The molecule has 0 saturated carbocycles. The van der Waals surface area contributed by atoms with E-state index in [9.17, 15) is 32.3 Å². The van der Waals surface area contributed by atoms with Crippen LogP contribution in [-0.2, 0) is 35.1 Å². The number of fused-ring (bicyclic) bond motifs is 1. The normalized spacial score (nSPS) is 12.5. The van der Waals surface area contributed by atoms with Crippen LogP contribution >= 0.6 is 19.4 Å². The lowest BCUT2D eigenvalue weighted by Crippen LogP contribution is -2.24. The molecule has 0 unspecified atom stereocenters. The number of aromatic nitrogens is 7. The fourth-order valence-corrected chi connectivity index (χ4v) is 3.95. The molecule has 4 aromatic rings. The summed E-state index contributed by atoms with van der Waals surface area (Å²) in [6.45, 7) is 1.19. The van der Waals surface area contributed by atoms with Gasteiger partial charge < -0.3 is 9.79 Å². The molecule has 192 valence electrons. The number of imidazole rings is 1. The lowest BCUT2D eigenvalue weighted by molar-refractivity contribution is -0.141. The molecule has 0 radical (unpaired) electrons. The molecular weight excluding hydrogens is 530 g/mol. The monoisotopic (exact) mass is 547 g/mol. The molecule has 4 aromatic heterocycles. The minimum Gasteiger partial charge on any atom is -0.303 e. The van der Waals surface area contributed by atoms with Gasteiger partial charge in [-0.2, -0.15) is 23.3 Å². The summed E-state index contributed by atoms with van der Waals surface area (Å²) in [5.41, 5.74) is -1.48. The van der Waals surface area contributed by atoms with Crippen molar-refractivity contribution in [1.82, 2.24) is 33.9 Å². The summed E-state index contributed by atoms with van der Waals surface area (Å²) in [5.74, 6) is 0.0246. The molecule has 2 N–H and O–H groups in total. The minimum absolute atomic E-state index is 0.0246. The van der Waals surface area contributed by atoms with E-state index in [1.165, 1.54) is 33.8 Å². The molecule has 0 atom stereocenters. The molecule has 0 aromatic carbocycles. The van der Waals surface area contributed by atoms with Crippen molar-refractivity contribution in [3.63, 3.8) is 0 Å². The van der Waals surface area contributed by atoms with E-state index in [1.807, 2.05) is 6.92 Å². The van der Waals surface area contributed by atoms with Crippen LogP contribution in [-0.4, -0.2) is 43.7 Å². The summed E-state index contributed by atoms with van der Waals surface area (Å²) in [7, 11) is -4.93. The summed E-state index contributed by atoms with van der Waals surface area (Å²) < 4.78 is 58.5. The fourth-order valence-electron chi connectivity index (χ4n) is 3.44. The van der Waals surface area contributed by atoms with Gasteiger partial charge in [0.1, 0.15) is 18.2 Å². The Balaban J connectivity index is 1.77. The highest BCUT2D eigenvalue weighted by Crippen LogP contribution is 2.37. The third kappa shape index (κ3) is 5.50. The van der Waals surface area contributed by atoms with Gasteiger partial charge in [0.25, 0.3) is 5.56 Å². The number of rotatable bonds is 8. The first kappa shape index (κ1) is 26.0. The number of phosphoric acid groups is 1. The van der Waals surface area contributed by atoms with Crippen LogP contribution < -0.4 is 5.56 Å². The number of halogens is 4. The van der Waals surface area contributed by atoms with Gasteiger partial charge in [0.2, 0.25) is 5.28 Å². The lowest BCUT2D eigenvalue weighted by atomic mass is 10.3. The Morgan fingerprint density at radius 1 is 1.17 bits per heavy atom. The van der Waals surface area contributed by atoms with Crippen molar-refractivity contribution < 1.29 is 32.0 Å². The van der Waals surface area contributed by atoms with Crippen molar-refractivity contribution in [1.29, 1.82) is 0 Å². The van der Waals surface area contributed by atoms with Crippen LogP contribution in [0.3, 0.4) is 0 Å². The zero-order valence-electron chi connectivity index (χ0n) is 18.4. The summed E-state index contributed by atoms with van der Waals surface area (Å²) >= 11 is 6.13. The van der Waals surface area contributed by atoms with E-state index in [1.54, 1.807) is 0 Å². The Bertz CT molecular complexity index is 1530. The molecule has 4 heterocycles. The highest BCUT2D eigenvalue weighted by Gasteiger charge is 2.32. The SMILES string of the molecule is CCCn1c(Cl)nc2nc(-c3cnn(Cc4cccc(C(F)(F)F)n4)c3)n(COP(=O)(O)O)c2c1=O.